The lowest BCUT2D eigenvalue weighted by Crippen LogP contribution is -2.08. The van der Waals surface area contributed by atoms with Crippen molar-refractivity contribution in [3.05, 3.63) is 52.6 Å². The topological polar surface area (TPSA) is 68.6 Å². The number of benzene rings is 1. The highest BCUT2D eigenvalue weighted by Gasteiger charge is 2.30. The van der Waals surface area contributed by atoms with Crippen LogP contribution in [0.2, 0.25) is 0 Å². The maximum Gasteiger partial charge on any atom is 0.416 e. The third-order valence-corrected chi connectivity index (χ3v) is 3.85. The van der Waals surface area contributed by atoms with Crippen molar-refractivity contribution >= 4 is 28.9 Å². The van der Waals surface area contributed by atoms with E-state index in [2.05, 4.69) is 4.99 Å². The van der Waals surface area contributed by atoms with E-state index in [1.807, 2.05) is 0 Å². The maximum atomic E-state index is 12.7. The largest absolute Gasteiger partial charge is 0.457 e. The highest BCUT2D eigenvalue weighted by atomic mass is 32.2. The van der Waals surface area contributed by atoms with Crippen LogP contribution < -0.4 is 5.73 Å². The minimum absolute atomic E-state index is 0.0945. The Balaban J connectivity index is 1.90. The van der Waals surface area contributed by atoms with Crippen LogP contribution in [0.25, 0.3) is 17.4 Å². The molecule has 0 fully saturated rings. The number of nitrogens with two attached hydrogens (primary N) is 1. The number of halogens is 3. The van der Waals surface area contributed by atoms with E-state index in [1.165, 1.54) is 18.2 Å². The van der Waals surface area contributed by atoms with E-state index in [1.54, 1.807) is 12.1 Å². The van der Waals surface area contributed by atoms with E-state index >= 15 is 0 Å². The predicted molar refractivity (Wildman–Crippen MR) is 81.7 cm³/mol. The molecule has 1 aliphatic rings. The Labute approximate surface area is 132 Å². The van der Waals surface area contributed by atoms with Gasteiger partial charge < -0.3 is 10.2 Å². The van der Waals surface area contributed by atoms with Crippen LogP contribution in [0.4, 0.5) is 18.0 Å². The van der Waals surface area contributed by atoms with Gasteiger partial charge in [-0.2, -0.15) is 18.2 Å². The summed E-state index contributed by atoms with van der Waals surface area (Å²) in [6, 6.07) is 7.98. The number of rotatable bonds is 2. The molecule has 4 nitrogen and oxygen atoms in total. The second-order valence-electron chi connectivity index (χ2n) is 4.65. The van der Waals surface area contributed by atoms with E-state index in [-0.39, 0.29) is 11.6 Å². The van der Waals surface area contributed by atoms with Crippen molar-refractivity contribution in [3.8, 4) is 11.3 Å². The second-order valence-corrected chi connectivity index (χ2v) is 5.65. The molecule has 0 bridgehead atoms. The molecule has 2 aromatic rings. The van der Waals surface area contributed by atoms with Gasteiger partial charge in [-0.1, -0.05) is 12.1 Å². The molecule has 0 spiro atoms. The van der Waals surface area contributed by atoms with Gasteiger partial charge in [0.2, 0.25) is 0 Å². The van der Waals surface area contributed by atoms with E-state index in [4.69, 9.17) is 10.2 Å². The molecule has 0 unspecified atom stereocenters. The Morgan fingerprint density at radius 1 is 1.22 bits per heavy atom. The number of carbonyl (C=O) groups excluding carboxylic acids is 1. The zero-order valence-corrected chi connectivity index (χ0v) is 12.2. The van der Waals surface area contributed by atoms with Gasteiger partial charge in [-0.3, -0.25) is 4.79 Å². The summed E-state index contributed by atoms with van der Waals surface area (Å²) in [6.45, 7) is 0. The summed E-state index contributed by atoms with van der Waals surface area (Å²) in [7, 11) is 0. The van der Waals surface area contributed by atoms with Crippen LogP contribution in [0, 0.1) is 0 Å². The molecule has 1 amide bonds. The quantitative estimate of drug-likeness (QED) is 0.873. The van der Waals surface area contributed by atoms with Crippen molar-refractivity contribution in [2.24, 2.45) is 10.7 Å². The number of amidine groups is 1. The minimum Gasteiger partial charge on any atom is -0.457 e. The number of aliphatic imine (C=N–C) groups is 1. The average Bonchev–Trinajstić information content (AvgIpc) is 3.06. The number of amides is 1. The average molecular weight is 338 g/mol. The first-order chi connectivity index (χ1) is 10.8. The third-order valence-electron chi connectivity index (χ3n) is 3.04. The van der Waals surface area contributed by atoms with Crippen LogP contribution in [-0.4, -0.2) is 11.1 Å². The Hall–Kier alpha value is -2.48. The van der Waals surface area contributed by atoms with Crippen LogP contribution in [-0.2, 0) is 6.18 Å². The zero-order chi connectivity index (χ0) is 16.6. The van der Waals surface area contributed by atoms with Crippen molar-refractivity contribution in [2.45, 2.75) is 6.18 Å². The number of thioether (sulfide) groups is 1. The molecular formula is C15H9F3N2O2S. The Bertz CT molecular complexity index is 837. The summed E-state index contributed by atoms with van der Waals surface area (Å²) in [4.78, 5) is 15.1. The molecule has 1 aromatic heterocycles. The lowest BCUT2D eigenvalue weighted by Gasteiger charge is -2.07. The van der Waals surface area contributed by atoms with Crippen LogP contribution in [0.5, 0.6) is 0 Å². The molecule has 0 radical (unpaired) electrons. The van der Waals surface area contributed by atoms with Crippen LogP contribution >= 0.6 is 11.8 Å². The fraction of sp³-hybridized carbons (Fsp3) is 0.0667. The fourth-order valence-corrected chi connectivity index (χ4v) is 2.65. The minimum atomic E-state index is -4.42. The highest BCUT2D eigenvalue weighted by Crippen LogP contribution is 2.33. The molecule has 0 atom stereocenters. The first-order valence-electron chi connectivity index (χ1n) is 6.38. The Morgan fingerprint density at radius 3 is 2.65 bits per heavy atom. The summed E-state index contributed by atoms with van der Waals surface area (Å²) >= 11 is 0.864. The third kappa shape index (κ3) is 3.31. The number of carbonyl (C=O) groups is 1. The maximum absolute atomic E-state index is 12.7. The van der Waals surface area contributed by atoms with Crippen molar-refractivity contribution in [3.63, 3.8) is 0 Å². The molecule has 0 saturated heterocycles. The number of hydrogen-bond acceptors (Lipinski definition) is 4. The Kier molecular flexibility index (Phi) is 3.77. The standard InChI is InChI=1S/C15H9F3N2O2S/c16-15(17,18)9-3-1-2-8(6-9)11-5-4-10(22-11)7-12-13(19)20-14(21)23-12/h1-7H,(H2,19,20,21). The molecule has 1 aliphatic heterocycles. The molecule has 0 aliphatic carbocycles. The first kappa shape index (κ1) is 15.4. The molecule has 2 N–H and O–H groups in total. The SMILES string of the molecule is NC1=NC(=O)SC1=Cc1ccc(-c2cccc(C(F)(F)F)c2)o1. The monoisotopic (exact) mass is 338 g/mol. The van der Waals surface area contributed by atoms with Crippen molar-refractivity contribution in [1.82, 2.24) is 0 Å². The number of hydrogen-bond donors (Lipinski definition) is 1. The number of furan rings is 1. The normalized spacial score (nSPS) is 16.9. The zero-order valence-electron chi connectivity index (χ0n) is 11.4. The fourth-order valence-electron chi connectivity index (χ4n) is 1.99. The van der Waals surface area contributed by atoms with Crippen LogP contribution in [0.15, 0.2) is 50.7 Å². The van der Waals surface area contributed by atoms with Crippen molar-refractivity contribution < 1.29 is 22.4 Å². The molecule has 3 rings (SSSR count). The van der Waals surface area contributed by atoms with E-state index in [9.17, 15) is 18.0 Å². The van der Waals surface area contributed by atoms with Gasteiger partial charge >= 0.3 is 11.4 Å². The lowest BCUT2D eigenvalue weighted by atomic mass is 10.1. The Morgan fingerprint density at radius 2 is 2.00 bits per heavy atom. The molecule has 8 heteroatoms. The van der Waals surface area contributed by atoms with Gasteiger partial charge in [0.15, 0.2) is 0 Å². The van der Waals surface area contributed by atoms with Crippen molar-refractivity contribution in [2.75, 3.05) is 0 Å². The molecule has 23 heavy (non-hydrogen) atoms. The van der Waals surface area contributed by atoms with Gasteiger partial charge in [-0.15, -0.1) is 0 Å². The van der Waals surface area contributed by atoms with E-state index < -0.39 is 17.0 Å². The van der Waals surface area contributed by atoms with Crippen molar-refractivity contribution in [1.29, 1.82) is 0 Å². The number of alkyl halides is 3. The lowest BCUT2D eigenvalue weighted by molar-refractivity contribution is -0.137. The smallest absolute Gasteiger partial charge is 0.416 e. The molecule has 0 saturated carbocycles. The first-order valence-corrected chi connectivity index (χ1v) is 7.20. The molecule has 1 aromatic carbocycles. The summed E-state index contributed by atoms with van der Waals surface area (Å²) in [5.41, 5.74) is 5.13. The summed E-state index contributed by atoms with van der Waals surface area (Å²) in [6.07, 6.45) is -2.90. The van der Waals surface area contributed by atoms with Crippen LogP contribution in [0.3, 0.4) is 0 Å². The van der Waals surface area contributed by atoms with Gasteiger partial charge in [-0.05, 0) is 42.1 Å². The molecule has 118 valence electrons. The van der Waals surface area contributed by atoms with Gasteiger partial charge in [0, 0.05) is 5.56 Å². The molecule has 2 heterocycles. The van der Waals surface area contributed by atoms with Gasteiger partial charge in [-0.25, -0.2) is 0 Å². The second kappa shape index (κ2) is 5.62. The molecular weight excluding hydrogens is 329 g/mol. The summed E-state index contributed by atoms with van der Waals surface area (Å²) in [5.74, 6) is 0.748. The number of nitrogens with zero attached hydrogens (tertiary/aromatic N) is 1. The summed E-state index contributed by atoms with van der Waals surface area (Å²) in [5, 5.41) is -0.418. The summed E-state index contributed by atoms with van der Waals surface area (Å²) < 4.78 is 43.7. The highest BCUT2D eigenvalue weighted by molar-refractivity contribution is 8.18. The van der Waals surface area contributed by atoms with E-state index in [0.717, 1.165) is 23.9 Å². The van der Waals surface area contributed by atoms with Crippen LogP contribution in [0.1, 0.15) is 11.3 Å². The van der Waals surface area contributed by atoms with Gasteiger partial charge in [0.25, 0.3) is 0 Å². The van der Waals surface area contributed by atoms with Gasteiger partial charge in [0.05, 0.1) is 10.5 Å². The van der Waals surface area contributed by atoms with Gasteiger partial charge in [0.1, 0.15) is 17.4 Å². The van der Waals surface area contributed by atoms with E-state index in [0.29, 0.717) is 16.2 Å². The predicted octanol–water partition coefficient (Wildman–Crippen LogP) is 4.53.